The van der Waals surface area contributed by atoms with Crippen LogP contribution in [0, 0.1) is 17.3 Å². The average molecular weight is 344 g/mol. The zero-order chi connectivity index (χ0) is 15.6. The highest BCUT2D eigenvalue weighted by Crippen LogP contribution is 2.45. The highest BCUT2D eigenvalue weighted by Gasteiger charge is 2.51. The summed E-state index contributed by atoms with van der Waals surface area (Å²) < 4.78 is 0. The van der Waals surface area contributed by atoms with Crippen molar-refractivity contribution in [2.24, 2.45) is 23.0 Å². The molecule has 2 saturated heterocycles. The van der Waals surface area contributed by atoms with Gasteiger partial charge in [0, 0.05) is 26.1 Å². The topological polar surface area (TPSA) is 75.4 Å². The number of rotatable bonds is 4. The summed E-state index contributed by atoms with van der Waals surface area (Å²) in [7, 11) is 0. The molecule has 2 heterocycles. The van der Waals surface area contributed by atoms with Gasteiger partial charge in [-0.2, -0.15) is 0 Å². The largest absolute Gasteiger partial charge is 0.370 e. The van der Waals surface area contributed by atoms with Crippen molar-refractivity contribution in [3.8, 4) is 0 Å². The summed E-state index contributed by atoms with van der Waals surface area (Å²) in [5.74, 6) is 1.12. The van der Waals surface area contributed by atoms with Gasteiger partial charge in [-0.15, -0.1) is 12.4 Å². The van der Waals surface area contributed by atoms with Gasteiger partial charge in [0.15, 0.2) is 0 Å². The molecule has 3 atom stereocenters. The molecule has 0 aromatic carbocycles. The van der Waals surface area contributed by atoms with Crippen LogP contribution in [0.25, 0.3) is 0 Å². The number of hydrogen-bond donors (Lipinski definition) is 2. The highest BCUT2D eigenvalue weighted by molar-refractivity contribution is 5.85. The van der Waals surface area contributed by atoms with E-state index in [1.54, 1.807) is 0 Å². The number of primary amides is 1. The van der Waals surface area contributed by atoms with E-state index in [9.17, 15) is 9.59 Å². The lowest BCUT2D eigenvalue weighted by molar-refractivity contribution is -0.147. The minimum absolute atomic E-state index is 0. The van der Waals surface area contributed by atoms with E-state index in [1.807, 2.05) is 0 Å². The molecule has 3 N–H and O–H groups in total. The zero-order valence-corrected chi connectivity index (χ0v) is 14.7. The molecule has 1 unspecified atom stereocenters. The van der Waals surface area contributed by atoms with Gasteiger partial charge in [0.25, 0.3) is 0 Å². The van der Waals surface area contributed by atoms with Crippen LogP contribution in [0.1, 0.15) is 51.4 Å². The van der Waals surface area contributed by atoms with E-state index in [4.69, 9.17) is 5.73 Å². The lowest BCUT2D eigenvalue weighted by atomic mass is 9.67. The molecule has 0 radical (unpaired) electrons. The molecule has 0 aromatic heterocycles. The minimum Gasteiger partial charge on any atom is -0.370 e. The summed E-state index contributed by atoms with van der Waals surface area (Å²) >= 11 is 0. The van der Waals surface area contributed by atoms with E-state index in [1.165, 1.54) is 19.3 Å². The molecule has 5 nitrogen and oxygen atoms in total. The summed E-state index contributed by atoms with van der Waals surface area (Å²) in [6.07, 6.45) is 8.14. The molecule has 1 saturated carbocycles. The van der Waals surface area contributed by atoms with E-state index in [2.05, 4.69) is 10.2 Å². The predicted octanol–water partition coefficient (Wildman–Crippen LogP) is 1.69. The molecule has 132 valence electrons. The van der Waals surface area contributed by atoms with Crippen molar-refractivity contribution >= 4 is 24.2 Å². The highest BCUT2D eigenvalue weighted by atomic mass is 35.5. The standard InChI is InChI=1S/C17H29N3O2.ClH/c18-15(21)7-6-13-4-3-9-20(11-13)16(22)17-8-2-1-5-14(17)10-19-12-17;/h13-14,19H,1-12H2,(H2,18,21);1H/t13?,14-,17+;/m0./s1. The van der Waals surface area contributed by atoms with E-state index in [0.717, 1.165) is 51.9 Å². The predicted molar refractivity (Wildman–Crippen MR) is 92.2 cm³/mol. The molecular weight excluding hydrogens is 314 g/mol. The molecule has 3 rings (SSSR count). The number of nitrogens with zero attached hydrogens (tertiary/aromatic N) is 1. The quantitative estimate of drug-likeness (QED) is 0.815. The molecule has 2 aliphatic heterocycles. The van der Waals surface area contributed by atoms with E-state index in [0.29, 0.717) is 24.2 Å². The molecule has 2 amide bonds. The molecule has 1 aliphatic carbocycles. The Labute approximate surface area is 145 Å². The first-order chi connectivity index (χ1) is 10.6. The van der Waals surface area contributed by atoms with Crippen LogP contribution in [0.3, 0.4) is 0 Å². The molecule has 3 aliphatic rings. The van der Waals surface area contributed by atoms with E-state index in [-0.39, 0.29) is 23.7 Å². The van der Waals surface area contributed by atoms with Gasteiger partial charge in [0.1, 0.15) is 0 Å². The molecule has 0 spiro atoms. The number of likely N-dealkylation sites (tertiary alicyclic amines) is 1. The number of halogens is 1. The fraction of sp³-hybridized carbons (Fsp3) is 0.882. The van der Waals surface area contributed by atoms with Crippen LogP contribution in [0.2, 0.25) is 0 Å². The number of nitrogens with one attached hydrogen (secondary N) is 1. The van der Waals surface area contributed by atoms with Gasteiger partial charge in [0.2, 0.25) is 11.8 Å². The van der Waals surface area contributed by atoms with Crippen LogP contribution in [-0.2, 0) is 9.59 Å². The summed E-state index contributed by atoms with van der Waals surface area (Å²) in [5.41, 5.74) is 5.13. The van der Waals surface area contributed by atoms with Crippen molar-refractivity contribution in [3.05, 3.63) is 0 Å². The number of carbonyl (C=O) groups excluding carboxylic acids is 2. The summed E-state index contributed by atoms with van der Waals surface area (Å²) in [6.45, 7) is 3.57. The van der Waals surface area contributed by atoms with Crippen LogP contribution in [0.5, 0.6) is 0 Å². The number of carbonyl (C=O) groups is 2. The SMILES string of the molecule is Cl.NC(=O)CCC1CCCN(C(=O)[C@@]23CCCC[C@H]2CNC3)C1. The fourth-order valence-electron chi connectivity index (χ4n) is 4.81. The maximum atomic E-state index is 13.2. The molecule has 23 heavy (non-hydrogen) atoms. The Balaban J connectivity index is 0.00000192. The lowest BCUT2D eigenvalue weighted by Crippen LogP contribution is -2.52. The molecular formula is C17H30ClN3O2. The van der Waals surface area contributed by atoms with Crippen molar-refractivity contribution in [1.29, 1.82) is 0 Å². The van der Waals surface area contributed by atoms with Gasteiger partial charge in [-0.3, -0.25) is 9.59 Å². The molecule has 0 bridgehead atoms. The number of piperidine rings is 1. The van der Waals surface area contributed by atoms with Crippen LogP contribution >= 0.6 is 12.4 Å². The third-order valence-electron chi connectivity index (χ3n) is 6.07. The second kappa shape index (κ2) is 7.84. The van der Waals surface area contributed by atoms with Gasteiger partial charge >= 0.3 is 0 Å². The third kappa shape index (κ3) is 3.82. The van der Waals surface area contributed by atoms with E-state index >= 15 is 0 Å². The third-order valence-corrected chi connectivity index (χ3v) is 6.07. The zero-order valence-electron chi connectivity index (χ0n) is 13.9. The molecule has 3 fully saturated rings. The minimum atomic E-state index is -0.227. The van der Waals surface area contributed by atoms with Crippen LogP contribution in [-0.4, -0.2) is 42.9 Å². The maximum absolute atomic E-state index is 13.2. The fourth-order valence-corrected chi connectivity index (χ4v) is 4.81. The Bertz CT molecular complexity index is 446. The number of amides is 2. The Morgan fingerprint density at radius 2 is 2.04 bits per heavy atom. The second-order valence-electron chi connectivity index (χ2n) is 7.49. The number of fused-ring (bicyclic) bond motifs is 1. The first-order valence-electron chi connectivity index (χ1n) is 8.90. The van der Waals surface area contributed by atoms with Crippen molar-refractivity contribution in [2.45, 2.75) is 51.4 Å². The van der Waals surface area contributed by atoms with Gasteiger partial charge in [-0.1, -0.05) is 12.8 Å². The normalized spacial score (nSPS) is 33.7. The smallest absolute Gasteiger partial charge is 0.230 e. The van der Waals surface area contributed by atoms with Gasteiger partial charge < -0.3 is 16.0 Å². The first kappa shape index (κ1) is 18.5. The van der Waals surface area contributed by atoms with Crippen LogP contribution in [0.15, 0.2) is 0 Å². The number of nitrogens with two attached hydrogens (primary N) is 1. The maximum Gasteiger partial charge on any atom is 0.230 e. The van der Waals surface area contributed by atoms with Crippen LogP contribution < -0.4 is 11.1 Å². The summed E-state index contributed by atoms with van der Waals surface area (Å²) in [4.78, 5) is 26.3. The Hall–Kier alpha value is -0.810. The van der Waals surface area contributed by atoms with Crippen molar-refractivity contribution in [1.82, 2.24) is 10.2 Å². The summed E-state index contributed by atoms with van der Waals surface area (Å²) in [5, 5.41) is 3.47. The Morgan fingerprint density at radius 3 is 2.83 bits per heavy atom. The number of hydrogen-bond acceptors (Lipinski definition) is 3. The first-order valence-corrected chi connectivity index (χ1v) is 8.90. The monoisotopic (exact) mass is 343 g/mol. The Morgan fingerprint density at radius 1 is 1.22 bits per heavy atom. The second-order valence-corrected chi connectivity index (χ2v) is 7.49. The van der Waals surface area contributed by atoms with Crippen LogP contribution in [0.4, 0.5) is 0 Å². The van der Waals surface area contributed by atoms with Crippen molar-refractivity contribution in [3.63, 3.8) is 0 Å². The molecule has 0 aromatic rings. The van der Waals surface area contributed by atoms with Gasteiger partial charge in [-0.05, 0) is 50.5 Å². The van der Waals surface area contributed by atoms with Crippen molar-refractivity contribution in [2.75, 3.05) is 26.2 Å². The molecule has 6 heteroatoms. The van der Waals surface area contributed by atoms with Crippen molar-refractivity contribution < 1.29 is 9.59 Å². The van der Waals surface area contributed by atoms with Gasteiger partial charge in [0.05, 0.1) is 5.41 Å². The summed E-state index contributed by atoms with van der Waals surface area (Å²) in [6, 6.07) is 0. The van der Waals surface area contributed by atoms with E-state index < -0.39 is 0 Å². The Kier molecular flexibility index (Phi) is 6.32. The van der Waals surface area contributed by atoms with Gasteiger partial charge in [-0.25, -0.2) is 0 Å². The lowest BCUT2D eigenvalue weighted by Gasteiger charge is -2.43. The average Bonchev–Trinajstić information content (AvgIpc) is 2.97.